The number of urea groups is 1. The van der Waals surface area contributed by atoms with Crippen molar-refractivity contribution in [2.45, 2.75) is 51.4 Å². The second-order valence-corrected chi connectivity index (χ2v) is 7.30. The van der Waals surface area contributed by atoms with E-state index in [1.54, 1.807) is 4.90 Å². The number of hydrogen-bond acceptors (Lipinski definition) is 4. The molecule has 1 aromatic carbocycles. The standard InChI is InChI=1S/C19H24N6O2/c1-13-2-4-14(5-3-13)10-24-9-8-16(18(24)26)23-19(27)22-15-6-7-17-20-12-21-25(17)11-15/h2-5,12,15-16H,6-11H2,1H3,(H2,22,23,27). The van der Waals surface area contributed by atoms with Crippen molar-refractivity contribution in [1.82, 2.24) is 30.3 Å². The van der Waals surface area contributed by atoms with Crippen LogP contribution in [-0.4, -0.2) is 50.2 Å². The Morgan fingerprint density at radius 3 is 2.85 bits per heavy atom. The van der Waals surface area contributed by atoms with Gasteiger partial charge in [-0.2, -0.15) is 5.10 Å². The number of carbonyl (C=O) groups is 2. The van der Waals surface area contributed by atoms with Crippen LogP contribution in [0.1, 0.15) is 29.8 Å². The molecule has 0 aliphatic carbocycles. The molecule has 0 saturated carbocycles. The van der Waals surface area contributed by atoms with E-state index in [0.29, 0.717) is 26.1 Å². The van der Waals surface area contributed by atoms with Crippen LogP contribution >= 0.6 is 0 Å². The topological polar surface area (TPSA) is 92.2 Å². The number of aromatic nitrogens is 3. The van der Waals surface area contributed by atoms with Gasteiger partial charge in [-0.05, 0) is 25.3 Å². The molecular formula is C19H24N6O2. The summed E-state index contributed by atoms with van der Waals surface area (Å²) in [5.41, 5.74) is 2.30. The third-order valence-corrected chi connectivity index (χ3v) is 5.24. The van der Waals surface area contributed by atoms with E-state index in [1.807, 2.05) is 35.9 Å². The monoisotopic (exact) mass is 368 g/mol. The summed E-state index contributed by atoms with van der Waals surface area (Å²) in [7, 11) is 0. The maximum Gasteiger partial charge on any atom is 0.315 e. The smallest absolute Gasteiger partial charge is 0.315 e. The molecule has 2 aliphatic heterocycles. The van der Waals surface area contributed by atoms with Crippen LogP contribution in [0.5, 0.6) is 0 Å². The van der Waals surface area contributed by atoms with Gasteiger partial charge in [0.15, 0.2) is 0 Å². The predicted molar refractivity (Wildman–Crippen MR) is 98.8 cm³/mol. The van der Waals surface area contributed by atoms with Gasteiger partial charge in [0.1, 0.15) is 18.2 Å². The van der Waals surface area contributed by atoms with E-state index in [-0.39, 0.29) is 18.0 Å². The molecule has 4 rings (SSSR count). The van der Waals surface area contributed by atoms with E-state index < -0.39 is 6.04 Å². The van der Waals surface area contributed by atoms with Crippen LogP contribution in [0.3, 0.4) is 0 Å². The number of nitrogens with zero attached hydrogens (tertiary/aromatic N) is 4. The lowest BCUT2D eigenvalue weighted by atomic mass is 10.1. The third kappa shape index (κ3) is 3.94. The number of likely N-dealkylation sites (tertiary alicyclic amines) is 1. The SMILES string of the molecule is Cc1ccc(CN2CCC(NC(=O)NC3CCc4ncnn4C3)C2=O)cc1. The van der Waals surface area contributed by atoms with Crippen molar-refractivity contribution in [1.29, 1.82) is 0 Å². The third-order valence-electron chi connectivity index (χ3n) is 5.24. The van der Waals surface area contributed by atoms with Gasteiger partial charge in [0, 0.05) is 19.5 Å². The van der Waals surface area contributed by atoms with Gasteiger partial charge in [-0.3, -0.25) is 4.79 Å². The van der Waals surface area contributed by atoms with Crippen molar-refractivity contribution in [3.8, 4) is 0 Å². The molecule has 142 valence electrons. The zero-order valence-electron chi connectivity index (χ0n) is 15.4. The predicted octanol–water partition coefficient (Wildman–Crippen LogP) is 1.00. The molecule has 27 heavy (non-hydrogen) atoms. The largest absolute Gasteiger partial charge is 0.336 e. The maximum absolute atomic E-state index is 12.6. The molecule has 8 heteroatoms. The zero-order valence-corrected chi connectivity index (χ0v) is 15.4. The van der Waals surface area contributed by atoms with Crippen LogP contribution in [0.25, 0.3) is 0 Å². The van der Waals surface area contributed by atoms with Crippen LogP contribution in [-0.2, 0) is 24.3 Å². The number of carbonyl (C=O) groups excluding carboxylic acids is 2. The molecule has 8 nitrogen and oxygen atoms in total. The van der Waals surface area contributed by atoms with Gasteiger partial charge in [0.2, 0.25) is 5.91 Å². The summed E-state index contributed by atoms with van der Waals surface area (Å²) in [5.74, 6) is 0.930. The Hall–Kier alpha value is -2.90. The highest BCUT2D eigenvalue weighted by molar-refractivity contribution is 5.88. The minimum Gasteiger partial charge on any atom is -0.336 e. The lowest BCUT2D eigenvalue weighted by Gasteiger charge is -2.24. The summed E-state index contributed by atoms with van der Waals surface area (Å²) in [6, 6.07) is 7.42. The van der Waals surface area contributed by atoms with Crippen LogP contribution in [0.2, 0.25) is 0 Å². The van der Waals surface area contributed by atoms with Gasteiger partial charge in [0.25, 0.3) is 0 Å². The number of benzene rings is 1. The lowest BCUT2D eigenvalue weighted by molar-refractivity contribution is -0.129. The van der Waals surface area contributed by atoms with Gasteiger partial charge in [0.05, 0.1) is 12.6 Å². The average Bonchev–Trinajstić information content (AvgIpc) is 3.25. The second-order valence-electron chi connectivity index (χ2n) is 7.30. The first-order chi connectivity index (χ1) is 13.1. The zero-order chi connectivity index (χ0) is 18.8. The van der Waals surface area contributed by atoms with E-state index in [4.69, 9.17) is 0 Å². The van der Waals surface area contributed by atoms with Gasteiger partial charge in [-0.1, -0.05) is 29.8 Å². The number of fused-ring (bicyclic) bond motifs is 1. The molecule has 3 amide bonds. The van der Waals surface area contributed by atoms with Gasteiger partial charge < -0.3 is 15.5 Å². The summed E-state index contributed by atoms with van der Waals surface area (Å²) < 4.78 is 1.82. The van der Waals surface area contributed by atoms with Gasteiger partial charge >= 0.3 is 6.03 Å². The van der Waals surface area contributed by atoms with Crippen molar-refractivity contribution in [3.63, 3.8) is 0 Å². The fourth-order valence-corrected chi connectivity index (χ4v) is 3.68. The highest BCUT2D eigenvalue weighted by atomic mass is 16.2. The van der Waals surface area contributed by atoms with E-state index in [2.05, 4.69) is 20.7 Å². The molecule has 3 heterocycles. The first-order valence-electron chi connectivity index (χ1n) is 9.36. The van der Waals surface area contributed by atoms with Crippen molar-refractivity contribution in [2.75, 3.05) is 6.54 Å². The molecule has 1 aromatic heterocycles. The van der Waals surface area contributed by atoms with E-state index in [9.17, 15) is 9.59 Å². The Kier molecular flexibility index (Phi) is 4.79. The van der Waals surface area contributed by atoms with E-state index in [0.717, 1.165) is 24.2 Å². The van der Waals surface area contributed by atoms with Crippen molar-refractivity contribution in [2.24, 2.45) is 0 Å². The molecule has 2 N–H and O–H groups in total. The number of nitrogens with one attached hydrogen (secondary N) is 2. The highest BCUT2D eigenvalue weighted by Crippen LogP contribution is 2.16. The Labute approximate surface area is 158 Å². The average molecular weight is 368 g/mol. The fraction of sp³-hybridized carbons (Fsp3) is 0.474. The summed E-state index contributed by atoms with van der Waals surface area (Å²) in [5, 5.41) is 9.95. The molecule has 0 spiro atoms. The molecule has 2 unspecified atom stereocenters. The molecular weight excluding hydrogens is 344 g/mol. The minimum atomic E-state index is -0.457. The maximum atomic E-state index is 12.6. The first kappa shape index (κ1) is 17.5. The molecule has 2 aliphatic rings. The normalized spacial score (nSPS) is 21.8. The molecule has 1 fully saturated rings. The molecule has 1 saturated heterocycles. The number of hydrogen-bond donors (Lipinski definition) is 2. The van der Waals surface area contributed by atoms with Crippen molar-refractivity contribution < 1.29 is 9.59 Å². The van der Waals surface area contributed by atoms with Crippen LogP contribution in [0.15, 0.2) is 30.6 Å². The highest BCUT2D eigenvalue weighted by Gasteiger charge is 2.33. The first-order valence-corrected chi connectivity index (χ1v) is 9.36. The molecule has 0 bridgehead atoms. The second kappa shape index (κ2) is 7.38. The molecule has 2 atom stereocenters. The Bertz CT molecular complexity index is 831. The van der Waals surface area contributed by atoms with Crippen LogP contribution in [0, 0.1) is 6.92 Å². The lowest BCUT2D eigenvalue weighted by Crippen LogP contribution is -2.50. The van der Waals surface area contributed by atoms with Crippen molar-refractivity contribution in [3.05, 3.63) is 47.5 Å². The van der Waals surface area contributed by atoms with Gasteiger partial charge in [-0.25, -0.2) is 14.5 Å². The number of rotatable bonds is 4. The summed E-state index contributed by atoms with van der Waals surface area (Å²) >= 11 is 0. The fourth-order valence-electron chi connectivity index (χ4n) is 3.68. The summed E-state index contributed by atoms with van der Waals surface area (Å²) in [6.07, 6.45) is 3.79. The van der Waals surface area contributed by atoms with Gasteiger partial charge in [-0.15, -0.1) is 0 Å². The Morgan fingerprint density at radius 1 is 1.22 bits per heavy atom. The van der Waals surface area contributed by atoms with Crippen LogP contribution < -0.4 is 10.6 Å². The summed E-state index contributed by atoms with van der Waals surface area (Å²) in [4.78, 5) is 30.9. The number of amides is 3. The molecule has 0 radical (unpaired) electrons. The summed E-state index contributed by atoms with van der Waals surface area (Å²) in [6.45, 7) is 3.89. The minimum absolute atomic E-state index is 0.000587. The number of aryl methyl sites for hydroxylation is 2. The van der Waals surface area contributed by atoms with Crippen LogP contribution in [0.4, 0.5) is 4.79 Å². The quantitative estimate of drug-likeness (QED) is 0.842. The molecule has 2 aromatic rings. The van der Waals surface area contributed by atoms with E-state index in [1.165, 1.54) is 11.9 Å². The van der Waals surface area contributed by atoms with Crippen molar-refractivity contribution >= 4 is 11.9 Å². The Morgan fingerprint density at radius 2 is 2.04 bits per heavy atom. The van der Waals surface area contributed by atoms with E-state index >= 15 is 0 Å². The Balaban J connectivity index is 1.28.